The fourth-order valence-corrected chi connectivity index (χ4v) is 1.68. The van der Waals surface area contributed by atoms with Crippen LogP contribution in [0.5, 0.6) is 0 Å². The lowest BCUT2D eigenvalue weighted by molar-refractivity contribution is -0.117. The van der Waals surface area contributed by atoms with Crippen LogP contribution in [-0.4, -0.2) is 13.0 Å². The molecule has 0 aromatic heterocycles. The van der Waals surface area contributed by atoms with Crippen molar-refractivity contribution in [2.24, 2.45) is 0 Å². The Morgan fingerprint density at radius 3 is 2.92 bits per heavy atom. The number of anilines is 1. The number of amides is 1. The first-order valence-electron chi connectivity index (χ1n) is 3.74. The maximum atomic E-state index is 11.3. The number of nitrogens with zero attached hydrogens (tertiary/aromatic N) is 1. The third kappa shape index (κ3) is 0.916. The van der Waals surface area contributed by atoms with Crippen LogP contribution in [-0.2, 0) is 11.2 Å². The summed E-state index contributed by atoms with van der Waals surface area (Å²) in [6.07, 6.45) is 0.436. The highest BCUT2D eigenvalue weighted by Gasteiger charge is 2.25. The summed E-state index contributed by atoms with van der Waals surface area (Å²) in [4.78, 5) is 12.9. The molecule has 12 heavy (non-hydrogen) atoms. The Labute approximate surface area is 75.7 Å². The lowest BCUT2D eigenvalue weighted by Crippen LogP contribution is -2.20. The highest BCUT2D eigenvalue weighted by Crippen LogP contribution is 2.32. The first-order chi connectivity index (χ1) is 5.70. The van der Waals surface area contributed by atoms with E-state index in [1.165, 1.54) is 0 Å². The van der Waals surface area contributed by atoms with Gasteiger partial charge in [0.05, 0.1) is 6.42 Å². The number of rotatable bonds is 0. The predicted octanol–water partition coefficient (Wildman–Crippen LogP) is 1.86. The summed E-state index contributed by atoms with van der Waals surface area (Å²) < 4.78 is 0. The summed E-state index contributed by atoms with van der Waals surface area (Å²) in [5.74, 6) is 0.109. The van der Waals surface area contributed by atoms with E-state index in [2.05, 4.69) is 0 Å². The van der Waals surface area contributed by atoms with Crippen molar-refractivity contribution in [3.63, 3.8) is 0 Å². The second kappa shape index (κ2) is 2.49. The van der Waals surface area contributed by atoms with E-state index < -0.39 is 0 Å². The molecule has 0 unspecified atom stereocenters. The molecule has 1 aliphatic heterocycles. The zero-order valence-corrected chi connectivity index (χ0v) is 7.43. The topological polar surface area (TPSA) is 20.3 Å². The molecule has 0 saturated carbocycles. The molecule has 0 fully saturated rings. The fraction of sp³-hybridized carbons (Fsp3) is 0.222. The Balaban J connectivity index is 2.60. The van der Waals surface area contributed by atoms with Gasteiger partial charge in [-0.15, -0.1) is 0 Å². The highest BCUT2D eigenvalue weighted by molar-refractivity contribution is 6.32. The molecule has 0 spiro atoms. The lowest BCUT2D eigenvalue weighted by atomic mass is 10.2. The summed E-state index contributed by atoms with van der Waals surface area (Å²) in [7, 11) is 1.77. The molecule has 2 rings (SSSR count). The first-order valence-corrected chi connectivity index (χ1v) is 4.12. The molecule has 1 amide bonds. The molecule has 0 atom stereocenters. The summed E-state index contributed by atoms with van der Waals surface area (Å²) >= 11 is 5.92. The van der Waals surface area contributed by atoms with Gasteiger partial charge in [0.1, 0.15) is 0 Å². The quantitative estimate of drug-likeness (QED) is 0.598. The fourth-order valence-electron chi connectivity index (χ4n) is 1.44. The number of benzene rings is 1. The van der Waals surface area contributed by atoms with Crippen LogP contribution in [0.3, 0.4) is 0 Å². The molecule has 1 aromatic rings. The van der Waals surface area contributed by atoms with Crippen LogP contribution >= 0.6 is 11.6 Å². The van der Waals surface area contributed by atoms with Crippen molar-refractivity contribution in [3.05, 3.63) is 28.8 Å². The molecule has 0 aliphatic carbocycles. The van der Waals surface area contributed by atoms with Crippen LogP contribution < -0.4 is 4.90 Å². The van der Waals surface area contributed by atoms with Crippen molar-refractivity contribution in [1.82, 2.24) is 0 Å². The van der Waals surface area contributed by atoms with E-state index in [0.717, 1.165) is 11.3 Å². The van der Waals surface area contributed by atoms with E-state index in [1.807, 2.05) is 18.2 Å². The van der Waals surface area contributed by atoms with Crippen LogP contribution in [0.15, 0.2) is 18.2 Å². The molecule has 0 saturated heterocycles. The van der Waals surface area contributed by atoms with Crippen LogP contribution in [0.4, 0.5) is 5.69 Å². The third-order valence-corrected chi connectivity index (χ3v) is 2.51. The minimum atomic E-state index is 0.109. The smallest absolute Gasteiger partial charge is 0.231 e. The van der Waals surface area contributed by atoms with E-state index in [0.29, 0.717) is 11.4 Å². The van der Waals surface area contributed by atoms with Crippen LogP contribution in [0.25, 0.3) is 0 Å². The van der Waals surface area contributed by atoms with Crippen molar-refractivity contribution in [2.45, 2.75) is 6.42 Å². The average molecular weight is 182 g/mol. The minimum Gasteiger partial charge on any atom is -0.315 e. The minimum absolute atomic E-state index is 0.109. The highest BCUT2D eigenvalue weighted by atomic mass is 35.5. The van der Waals surface area contributed by atoms with Gasteiger partial charge in [-0.25, -0.2) is 0 Å². The summed E-state index contributed by atoms with van der Waals surface area (Å²) in [5.41, 5.74) is 1.89. The normalized spacial score (nSPS) is 15.2. The van der Waals surface area contributed by atoms with Crippen molar-refractivity contribution >= 4 is 23.2 Å². The molecule has 0 N–H and O–H groups in total. The molecule has 0 bridgehead atoms. The van der Waals surface area contributed by atoms with E-state index in [1.54, 1.807) is 11.9 Å². The van der Waals surface area contributed by atoms with Gasteiger partial charge in [-0.2, -0.15) is 0 Å². The van der Waals surface area contributed by atoms with Gasteiger partial charge < -0.3 is 4.90 Å². The second-order valence-corrected chi connectivity index (χ2v) is 3.27. The molecule has 0 radical (unpaired) electrons. The summed E-state index contributed by atoms with van der Waals surface area (Å²) in [6.45, 7) is 0. The van der Waals surface area contributed by atoms with E-state index in [-0.39, 0.29) is 5.91 Å². The van der Waals surface area contributed by atoms with Gasteiger partial charge in [0.2, 0.25) is 5.91 Å². The number of halogens is 1. The van der Waals surface area contributed by atoms with Gasteiger partial charge >= 0.3 is 0 Å². The zero-order chi connectivity index (χ0) is 8.72. The Kier molecular flexibility index (Phi) is 1.58. The van der Waals surface area contributed by atoms with Gasteiger partial charge in [-0.05, 0) is 12.1 Å². The number of hydrogen-bond donors (Lipinski definition) is 0. The molecule has 62 valence electrons. The van der Waals surface area contributed by atoms with Gasteiger partial charge in [0.25, 0.3) is 0 Å². The molecular formula is C9H8ClNO. The van der Waals surface area contributed by atoms with Gasteiger partial charge in [-0.3, -0.25) is 4.79 Å². The molecule has 1 aliphatic rings. The first kappa shape index (κ1) is 7.62. The SMILES string of the molecule is CN1C(=O)Cc2c(Cl)cccc21. The Bertz CT molecular complexity index is 348. The van der Waals surface area contributed by atoms with Crippen molar-refractivity contribution in [2.75, 3.05) is 11.9 Å². The van der Waals surface area contributed by atoms with E-state index in [9.17, 15) is 4.79 Å². The number of carbonyl (C=O) groups is 1. The maximum Gasteiger partial charge on any atom is 0.231 e. The number of fused-ring (bicyclic) bond motifs is 1. The van der Waals surface area contributed by atoms with Gasteiger partial charge in [-0.1, -0.05) is 17.7 Å². The summed E-state index contributed by atoms with van der Waals surface area (Å²) in [5, 5.41) is 0.685. The van der Waals surface area contributed by atoms with Gasteiger partial charge in [0.15, 0.2) is 0 Å². The van der Waals surface area contributed by atoms with E-state index in [4.69, 9.17) is 11.6 Å². The van der Waals surface area contributed by atoms with Crippen LogP contribution in [0.1, 0.15) is 5.56 Å². The standard InChI is InChI=1S/C9H8ClNO/c1-11-8-4-2-3-7(10)6(8)5-9(11)12/h2-4H,5H2,1H3. The maximum absolute atomic E-state index is 11.3. The lowest BCUT2D eigenvalue weighted by Gasteiger charge is -2.09. The molecule has 1 heterocycles. The number of carbonyl (C=O) groups excluding carboxylic acids is 1. The van der Waals surface area contributed by atoms with Gasteiger partial charge in [0, 0.05) is 23.3 Å². The Morgan fingerprint density at radius 2 is 2.25 bits per heavy atom. The van der Waals surface area contributed by atoms with Crippen molar-refractivity contribution < 1.29 is 4.79 Å². The van der Waals surface area contributed by atoms with Crippen LogP contribution in [0.2, 0.25) is 5.02 Å². The van der Waals surface area contributed by atoms with Crippen molar-refractivity contribution in [1.29, 1.82) is 0 Å². The average Bonchev–Trinajstić information content (AvgIpc) is 2.32. The Hall–Kier alpha value is -1.02. The van der Waals surface area contributed by atoms with Crippen molar-refractivity contribution in [3.8, 4) is 0 Å². The monoisotopic (exact) mass is 181 g/mol. The Morgan fingerprint density at radius 1 is 1.50 bits per heavy atom. The second-order valence-electron chi connectivity index (χ2n) is 2.87. The zero-order valence-electron chi connectivity index (χ0n) is 6.67. The number of hydrogen-bond acceptors (Lipinski definition) is 1. The molecule has 2 nitrogen and oxygen atoms in total. The predicted molar refractivity (Wildman–Crippen MR) is 48.6 cm³/mol. The third-order valence-electron chi connectivity index (χ3n) is 2.16. The van der Waals surface area contributed by atoms with Crippen LogP contribution in [0, 0.1) is 0 Å². The summed E-state index contributed by atoms with van der Waals surface area (Å²) in [6, 6.07) is 5.58. The molecule has 3 heteroatoms. The molecule has 1 aromatic carbocycles. The largest absolute Gasteiger partial charge is 0.315 e. The van der Waals surface area contributed by atoms with E-state index >= 15 is 0 Å². The number of likely N-dealkylation sites (N-methyl/N-ethyl adjacent to an activating group) is 1. The molecular weight excluding hydrogens is 174 g/mol.